The second-order valence-electron chi connectivity index (χ2n) is 7.35. The van der Waals surface area contributed by atoms with Gasteiger partial charge in [-0.1, -0.05) is 35.6 Å². The summed E-state index contributed by atoms with van der Waals surface area (Å²) in [5.41, 5.74) is 3.39. The molecule has 3 heterocycles. The zero-order valence-corrected chi connectivity index (χ0v) is 17.2. The van der Waals surface area contributed by atoms with E-state index in [4.69, 9.17) is 0 Å². The van der Waals surface area contributed by atoms with Crippen molar-refractivity contribution in [1.82, 2.24) is 19.8 Å². The van der Waals surface area contributed by atoms with E-state index in [9.17, 15) is 9.59 Å². The van der Waals surface area contributed by atoms with Crippen LogP contribution in [0.1, 0.15) is 28.8 Å². The summed E-state index contributed by atoms with van der Waals surface area (Å²) in [6.07, 6.45) is 3.48. The minimum absolute atomic E-state index is 0.00644. The van der Waals surface area contributed by atoms with Gasteiger partial charge in [-0.15, -0.1) is 0 Å². The molecular formula is C22H24N4O2S. The molecule has 1 fully saturated rings. The summed E-state index contributed by atoms with van der Waals surface area (Å²) in [4.78, 5) is 31.6. The van der Waals surface area contributed by atoms with E-state index in [0.29, 0.717) is 6.67 Å². The molecule has 1 aliphatic heterocycles. The number of aromatic nitrogens is 2. The molecule has 0 unspecified atom stereocenters. The second-order valence-corrected chi connectivity index (χ2v) is 8.17. The van der Waals surface area contributed by atoms with Crippen molar-refractivity contribution < 1.29 is 4.79 Å². The molecule has 3 aromatic rings. The van der Waals surface area contributed by atoms with Gasteiger partial charge < -0.3 is 5.32 Å². The number of carbonyl (C=O) groups is 1. The molecule has 1 aromatic carbocycles. The monoisotopic (exact) mass is 408 g/mol. The zero-order chi connectivity index (χ0) is 20.2. The van der Waals surface area contributed by atoms with Crippen LogP contribution >= 0.6 is 11.3 Å². The number of piperidine rings is 1. The van der Waals surface area contributed by atoms with E-state index in [1.165, 1.54) is 11.3 Å². The Labute approximate surface area is 173 Å². The van der Waals surface area contributed by atoms with Gasteiger partial charge in [0.25, 0.3) is 5.91 Å². The van der Waals surface area contributed by atoms with Crippen molar-refractivity contribution in [3.63, 3.8) is 0 Å². The summed E-state index contributed by atoms with van der Waals surface area (Å²) in [6.45, 7) is 4.17. The van der Waals surface area contributed by atoms with E-state index in [1.807, 2.05) is 54.8 Å². The summed E-state index contributed by atoms with van der Waals surface area (Å²) < 4.78 is 1.79. The molecule has 1 aliphatic rings. The van der Waals surface area contributed by atoms with Crippen LogP contribution in [0.15, 0.2) is 58.8 Å². The van der Waals surface area contributed by atoms with Gasteiger partial charge in [0.2, 0.25) is 0 Å². The van der Waals surface area contributed by atoms with Gasteiger partial charge in [-0.2, -0.15) is 0 Å². The highest BCUT2D eigenvalue weighted by Crippen LogP contribution is 2.19. The van der Waals surface area contributed by atoms with E-state index in [0.717, 1.165) is 48.4 Å². The smallest absolute Gasteiger partial charge is 0.308 e. The Morgan fingerprint density at radius 3 is 2.66 bits per heavy atom. The standard InChI is InChI=1S/C22H24N4O2S/c1-16-6-2-3-7-18(16)21(27)24-17-9-12-25(13-10-17)15-26-20(14-29-22(26)28)19-8-4-5-11-23-19/h2-8,11,14,17H,9-10,12-13,15H2,1H3,(H,24,27). The van der Waals surface area contributed by atoms with Crippen molar-refractivity contribution >= 4 is 17.2 Å². The highest BCUT2D eigenvalue weighted by Gasteiger charge is 2.23. The van der Waals surface area contributed by atoms with Crippen LogP contribution < -0.4 is 10.2 Å². The maximum absolute atomic E-state index is 12.5. The van der Waals surface area contributed by atoms with E-state index < -0.39 is 0 Å². The number of hydrogen-bond donors (Lipinski definition) is 1. The maximum Gasteiger partial charge on any atom is 0.308 e. The Balaban J connectivity index is 1.37. The molecule has 0 spiro atoms. The number of nitrogens with one attached hydrogen (secondary N) is 1. The molecule has 7 heteroatoms. The van der Waals surface area contributed by atoms with Crippen LogP contribution in [0.25, 0.3) is 11.4 Å². The number of carbonyl (C=O) groups excluding carboxylic acids is 1. The first-order valence-corrected chi connectivity index (χ1v) is 10.7. The third kappa shape index (κ3) is 4.46. The molecule has 1 saturated heterocycles. The quantitative estimate of drug-likeness (QED) is 0.704. The van der Waals surface area contributed by atoms with Gasteiger partial charge in [0, 0.05) is 36.3 Å². The van der Waals surface area contributed by atoms with Crippen LogP contribution in [-0.2, 0) is 6.67 Å². The molecule has 6 nitrogen and oxygen atoms in total. The number of pyridine rings is 1. The predicted molar refractivity (Wildman–Crippen MR) is 115 cm³/mol. The van der Waals surface area contributed by atoms with Gasteiger partial charge in [-0.25, -0.2) is 0 Å². The van der Waals surface area contributed by atoms with Crippen molar-refractivity contribution in [3.05, 3.63) is 74.8 Å². The lowest BCUT2D eigenvalue weighted by molar-refractivity contribution is 0.0899. The third-order valence-corrected chi connectivity index (χ3v) is 6.13. The van der Waals surface area contributed by atoms with Crippen LogP contribution in [0.3, 0.4) is 0 Å². The van der Waals surface area contributed by atoms with Crippen molar-refractivity contribution in [2.24, 2.45) is 0 Å². The third-order valence-electron chi connectivity index (χ3n) is 5.36. The fourth-order valence-corrected chi connectivity index (χ4v) is 4.43. The average Bonchev–Trinajstić information content (AvgIpc) is 3.10. The fourth-order valence-electron chi connectivity index (χ4n) is 3.69. The Bertz CT molecular complexity index is 1040. The summed E-state index contributed by atoms with van der Waals surface area (Å²) in [7, 11) is 0. The van der Waals surface area contributed by atoms with E-state index in [1.54, 1.807) is 10.8 Å². The van der Waals surface area contributed by atoms with Crippen molar-refractivity contribution in [1.29, 1.82) is 0 Å². The molecule has 1 amide bonds. The molecule has 150 valence electrons. The number of benzene rings is 1. The van der Waals surface area contributed by atoms with Crippen molar-refractivity contribution in [3.8, 4) is 11.4 Å². The first-order chi connectivity index (χ1) is 14.1. The van der Waals surface area contributed by atoms with Gasteiger partial charge in [-0.3, -0.25) is 24.0 Å². The number of thiazole rings is 1. The first kappa shape index (κ1) is 19.5. The number of hydrogen-bond acceptors (Lipinski definition) is 5. The lowest BCUT2D eigenvalue weighted by Gasteiger charge is -2.32. The molecule has 1 N–H and O–H groups in total. The largest absolute Gasteiger partial charge is 0.349 e. The Morgan fingerprint density at radius 2 is 1.93 bits per heavy atom. The molecule has 0 radical (unpaired) electrons. The van der Waals surface area contributed by atoms with Crippen LogP contribution in [0.5, 0.6) is 0 Å². The molecule has 0 aliphatic carbocycles. The van der Waals surface area contributed by atoms with E-state index >= 15 is 0 Å². The highest BCUT2D eigenvalue weighted by molar-refractivity contribution is 7.07. The summed E-state index contributed by atoms with van der Waals surface area (Å²) in [5, 5.41) is 5.04. The van der Waals surface area contributed by atoms with Crippen LogP contribution in [0.2, 0.25) is 0 Å². The number of likely N-dealkylation sites (tertiary alicyclic amines) is 1. The average molecular weight is 409 g/mol. The second kappa shape index (κ2) is 8.71. The number of rotatable bonds is 5. The van der Waals surface area contributed by atoms with Gasteiger partial charge in [0.1, 0.15) is 0 Å². The maximum atomic E-state index is 12.5. The lowest BCUT2D eigenvalue weighted by atomic mass is 10.0. The molecule has 0 bridgehead atoms. The SMILES string of the molecule is Cc1ccccc1C(=O)NC1CCN(Cn2c(-c3ccccn3)csc2=O)CC1. The molecular weight excluding hydrogens is 384 g/mol. The topological polar surface area (TPSA) is 67.2 Å². The van der Waals surface area contributed by atoms with Gasteiger partial charge in [0.15, 0.2) is 0 Å². The van der Waals surface area contributed by atoms with Crippen molar-refractivity contribution in [2.45, 2.75) is 32.5 Å². The number of amides is 1. The molecule has 2 aromatic heterocycles. The lowest BCUT2D eigenvalue weighted by Crippen LogP contribution is -2.45. The van der Waals surface area contributed by atoms with Gasteiger partial charge in [0.05, 0.1) is 18.1 Å². The highest BCUT2D eigenvalue weighted by atomic mass is 32.1. The van der Waals surface area contributed by atoms with Crippen LogP contribution in [0.4, 0.5) is 0 Å². The normalized spacial score (nSPS) is 15.3. The van der Waals surface area contributed by atoms with Gasteiger partial charge >= 0.3 is 4.87 Å². The minimum Gasteiger partial charge on any atom is -0.349 e. The zero-order valence-electron chi connectivity index (χ0n) is 16.4. The summed E-state index contributed by atoms with van der Waals surface area (Å²) in [6, 6.07) is 13.5. The van der Waals surface area contributed by atoms with E-state index in [-0.39, 0.29) is 16.8 Å². The van der Waals surface area contributed by atoms with Crippen LogP contribution in [-0.4, -0.2) is 39.5 Å². The van der Waals surface area contributed by atoms with E-state index in [2.05, 4.69) is 15.2 Å². The number of nitrogens with zero attached hydrogens (tertiary/aromatic N) is 3. The molecule has 0 atom stereocenters. The molecule has 0 saturated carbocycles. The Kier molecular flexibility index (Phi) is 5.87. The predicted octanol–water partition coefficient (Wildman–Crippen LogP) is 3.13. The Hall–Kier alpha value is -2.77. The summed E-state index contributed by atoms with van der Waals surface area (Å²) >= 11 is 1.21. The minimum atomic E-state index is -0.00644. The molecule has 29 heavy (non-hydrogen) atoms. The van der Waals surface area contributed by atoms with Crippen molar-refractivity contribution in [2.75, 3.05) is 13.1 Å². The molecule has 4 rings (SSSR count). The van der Waals surface area contributed by atoms with Crippen LogP contribution in [0, 0.1) is 6.92 Å². The van der Waals surface area contributed by atoms with Gasteiger partial charge in [-0.05, 0) is 43.5 Å². The first-order valence-electron chi connectivity index (χ1n) is 9.80. The number of aryl methyl sites for hydroxylation is 1. The Morgan fingerprint density at radius 1 is 1.17 bits per heavy atom. The summed E-state index contributed by atoms with van der Waals surface area (Å²) in [5.74, 6) is -0.00644. The fraction of sp³-hybridized carbons (Fsp3) is 0.318.